The van der Waals surface area contributed by atoms with Gasteiger partial charge in [0, 0.05) is 35.5 Å². The number of hydrogen-bond acceptors (Lipinski definition) is 9. The van der Waals surface area contributed by atoms with Crippen LogP contribution >= 0.6 is 11.3 Å². The molecule has 0 radical (unpaired) electrons. The summed E-state index contributed by atoms with van der Waals surface area (Å²) in [7, 11) is 0. The molecule has 2 heterocycles. The van der Waals surface area contributed by atoms with Crippen LogP contribution in [0.5, 0.6) is 0 Å². The van der Waals surface area contributed by atoms with E-state index in [9.17, 15) is 15.0 Å². The van der Waals surface area contributed by atoms with Crippen molar-refractivity contribution in [3.63, 3.8) is 0 Å². The molecule has 0 bridgehead atoms. The molecule has 0 unspecified atom stereocenters. The highest BCUT2D eigenvalue weighted by atomic mass is 32.1. The van der Waals surface area contributed by atoms with Gasteiger partial charge in [0.15, 0.2) is 11.0 Å². The third-order valence-electron chi connectivity index (χ3n) is 8.13. The maximum absolute atomic E-state index is 12.7. The van der Waals surface area contributed by atoms with Crippen molar-refractivity contribution >= 4 is 32.6 Å². The Labute approximate surface area is 219 Å². The number of benzene rings is 1. The summed E-state index contributed by atoms with van der Waals surface area (Å²) in [6, 6.07) is 6.28. The maximum Gasteiger partial charge on any atom is 0.229 e. The van der Waals surface area contributed by atoms with Gasteiger partial charge in [-0.3, -0.25) is 4.79 Å². The lowest BCUT2D eigenvalue weighted by molar-refractivity contribution is -0.123. The Morgan fingerprint density at radius 1 is 1.14 bits per heavy atom. The second-order valence-corrected chi connectivity index (χ2v) is 11.8. The Bertz CT molecular complexity index is 1250. The number of thiazole rings is 1. The molecule has 37 heavy (non-hydrogen) atoms. The first kappa shape index (κ1) is 24.8. The second-order valence-electron chi connectivity index (χ2n) is 10.7. The Hall–Kier alpha value is -2.50. The average molecular weight is 524 g/mol. The van der Waals surface area contributed by atoms with Crippen LogP contribution in [0.15, 0.2) is 30.6 Å². The van der Waals surface area contributed by atoms with Gasteiger partial charge < -0.3 is 25.6 Å². The fourth-order valence-electron chi connectivity index (χ4n) is 5.56. The molecule has 3 aliphatic rings. The van der Waals surface area contributed by atoms with Crippen LogP contribution in [0, 0.1) is 5.92 Å². The van der Waals surface area contributed by atoms with Crippen molar-refractivity contribution in [2.75, 3.05) is 11.9 Å². The van der Waals surface area contributed by atoms with Crippen molar-refractivity contribution in [3.8, 4) is 11.1 Å². The minimum absolute atomic E-state index is 0.0142. The average Bonchev–Trinajstić information content (AvgIpc) is 3.45. The summed E-state index contributed by atoms with van der Waals surface area (Å²) in [5, 5.41) is 26.7. The van der Waals surface area contributed by atoms with Crippen LogP contribution in [0.1, 0.15) is 57.2 Å². The lowest BCUT2D eigenvalue weighted by Gasteiger charge is -2.47. The molecule has 9 nitrogen and oxygen atoms in total. The van der Waals surface area contributed by atoms with Crippen molar-refractivity contribution in [3.05, 3.63) is 36.4 Å². The molecule has 196 valence electrons. The highest BCUT2D eigenvalue weighted by molar-refractivity contribution is 7.22. The highest BCUT2D eigenvalue weighted by Gasteiger charge is 2.43. The summed E-state index contributed by atoms with van der Waals surface area (Å²) in [6.45, 7) is 0.462. The van der Waals surface area contributed by atoms with Crippen LogP contribution in [-0.2, 0) is 16.1 Å². The van der Waals surface area contributed by atoms with Gasteiger partial charge in [0.05, 0.1) is 29.0 Å². The summed E-state index contributed by atoms with van der Waals surface area (Å²) >= 11 is 1.46. The van der Waals surface area contributed by atoms with Gasteiger partial charge in [-0.05, 0) is 69.1 Å². The minimum Gasteiger partial charge on any atom is -0.394 e. The molecule has 1 aromatic carbocycles. The first-order valence-electron chi connectivity index (χ1n) is 13.2. The molecular formula is C27H33N5O4S. The van der Waals surface area contributed by atoms with E-state index in [-0.39, 0.29) is 36.2 Å². The number of amides is 1. The van der Waals surface area contributed by atoms with E-state index in [0.29, 0.717) is 23.6 Å². The van der Waals surface area contributed by atoms with E-state index < -0.39 is 0 Å². The minimum atomic E-state index is -0.390. The number of carbonyl (C=O) groups is 1. The van der Waals surface area contributed by atoms with E-state index >= 15 is 0 Å². The fourth-order valence-corrected chi connectivity index (χ4v) is 6.47. The third-order valence-corrected chi connectivity index (χ3v) is 9.07. The molecule has 10 heteroatoms. The Morgan fingerprint density at radius 3 is 2.62 bits per heavy atom. The van der Waals surface area contributed by atoms with Crippen molar-refractivity contribution in [1.29, 1.82) is 0 Å². The normalized spacial score (nSPS) is 26.5. The molecule has 0 saturated heterocycles. The van der Waals surface area contributed by atoms with Gasteiger partial charge in [0.2, 0.25) is 5.91 Å². The molecular weight excluding hydrogens is 490 g/mol. The number of carbonyl (C=O) groups excluding carboxylic acids is 1. The molecule has 0 spiro atoms. The second kappa shape index (κ2) is 10.3. The van der Waals surface area contributed by atoms with Crippen molar-refractivity contribution in [1.82, 2.24) is 20.3 Å². The van der Waals surface area contributed by atoms with E-state index in [2.05, 4.69) is 25.6 Å². The van der Waals surface area contributed by atoms with Gasteiger partial charge in [-0.2, -0.15) is 0 Å². The van der Waals surface area contributed by atoms with Gasteiger partial charge in [0.25, 0.3) is 0 Å². The third kappa shape index (κ3) is 5.26. The number of rotatable bonds is 9. The van der Waals surface area contributed by atoms with Crippen LogP contribution in [0.4, 0.5) is 5.13 Å². The Kier molecular flexibility index (Phi) is 6.93. The molecule has 3 aliphatic carbocycles. The predicted octanol–water partition coefficient (Wildman–Crippen LogP) is 3.41. The van der Waals surface area contributed by atoms with Crippen molar-refractivity contribution in [2.24, 2.45) is 5.92 Å². The van der Waals surface area contributed by atoms with Gasteiger partial charge in [-0.15, -0.1) is 0 Å². The Morgan fingerprint density at radius 2 is 1.95 bits per heavy atom. The molecule has 3 fully saturated rings. The molecule has 2 aromatic heterocycles. The summed E-state index contributed by atoms with van der Waals surface area (Å²) in [5.74, 6) is 0.590. The summed E-state index contributed by atoms with van der Waals surface area (Å²) in [5.41, 5.74) is 2.60. The number of aliphatic hydroxyl groups excluding tert-OH is 2. The Balaban J connectivity index is 1.04. The number of hydrogen-bond donors (Lipinski definition) is 4. The van der Waals surface area contributed by atoms with Gasteiger partial charge >= 0.3 is 0 Å². The molecule has 0 aliphatic heterocycles. The first-order chi connectivity index (χ1) is 18.0. The van der Waals surface area contributed by atoms with Crippen molar-refractivity contribution < 1.29 is 19.7 Å². The molecule has 2 atom stereocenters. The number of ether oxygens (including phenoxy) is 1. The topological polar surface area (TPSA) is 129 Å². The largest absolute Gasteiger partial charge is 0.394 e. The van der Waals surface area contributed by atoms with E-state index in [1.54, 1.807) is 12.4 Å². The molecule has 1 amide bonds. The standard InChI is InChI=1S/C27H33N5O4S/c33-15-27(7-2-8-27)32-19-9-17(10-19)25(35)31-26-30-20-6-5-16(11-23(20)37-26)18-12-28-24(29-13-18)14-36-22-4-1-3-21(22)34/h5-6,11-13,17,19,21-22,32-34H,1-4,7-10,14-15H2,(H,30,31,35)/t17?,19?,21-,22-/m0/s1. The zero-order chi connectivity index (χ0) is 25.4. The number of fused-ring (bicyclic) bond motifs is 1. The number of anilines is 1. The van der Waals surface area contributed by atoms with Gasteiger partial charge in [-0.25, -0.2) is 15.0 Å². The SMILES string of the molecule is O=C(Nc1nc2ccc(-c3cnc(CO[C@H]4CCC[C@@H]4O)nc3)cc2s1)C1CC(NC2(CO)CCC2)C1. The van der Waals surface area contributed by atoms with Crippen LogP contribution in [0.3, 0.4) is 0 Å². The van der Waals surface area contributed by atoms with Crippen LogP contribution < -0.4 is 10.6 Å². The van der Waals surface area contributed by atoms with E-state index in [0.717, 1.165) is 72.7 Å². The van der Waals surface area contributed by atoms with Crippen LogP contribution in [0.2, 0.25) is 0 Å². The summed E-state index contributed by atoms with van der Waals surface area (Å²) in [4.78, 5) is 26.2. The van der Waals surface area contributed by atoms with E-state index in [1.165, 1.54) is 11.3 Å². The number of nitrogens with one attached hydrogen (secondary N) is 2. The van der Waals surface area contributed by atoms with Crippen molar-refractivity contribution in [2.45, 2.75) is 81.8 Å². The van der Waals surface area contributed by atoms with E-state index in [4.69, 9.17) is 4.74 Å². The molecule has 4 N–H and O–H groups in total. The zero-order valence-corrected chi connectivity index (χ0v) is 21.5. The van der Waals surface area contributed by atoms with Crippen LogP contribution in [0.25, 0.3) is 21.3 Å². The van der Waals surface area contributed by atoms with E-state index in [1.807, 2.05) is 18.2 Å². The fraction of sp³-hybridized carbons (Fsp3) is 0.556. The summed E-state index contributed by atoms with van der Waals surface area (Å²) < 4.78 is 6.76. The quantitative estimate of drug-likeness (QED) is 0.336. The lowest BCUT2D eigenvalue weighted by atomic mass is 9.73. The predicted molar refractivity (Wildman–Crippen MR) is 141 cm³/mol. The van der Waals surface area contributed by atoms with Gasteiger partial charge in [0.1, 0.15) is 6.61 Å². The molecule has 6 rings (SSSR count). The number of aliphatic hydroxyl groups is 2. The smallest absolute Gasteiger partial charge is 0.229 e. The lowest BCUT2D eigenvalue weighted by Crippen LogP contribution is -2.61. The maximum atomic E-state index is 12.7. The monoisotopic (exact) mass is 523 g/mol. The number of nitrogens with zero attached hydrogens (tertiary/aromatic N) is 3. The zero-order valence-electron chi connectivity index (χ0n) is 20.7. The van der Waals surface area contributed by atoms with Crippen LogP contribution in [-0.4, -0.2) is 61.5 Å². The van der Waals surface area contributed by atoms with Gasteiger partial charge in [-0.1, -0.05) is 17.4 Å². The number of aromatic nitrogens is 3. The molecule has 3 saturated carbocycles. The highest BCUT2D eigenvalue weighted by Crippen LogP contribution is 2.37. The molecule has 3 aromatic rings. The summed E-state index contributed by atoms with van der Waals surface area (Å²) in [6.07, 6.45) is 10.5. The first-order valence-corrected chi connectivity index (χ1v) is 14.0.